The highest BCUT2D eigenvalue weighted by Crippen LogP contribution is 2.27. The molecule has 0 atom stereocenters. The second-order valence-corrected chi connectivity index (χ2v) is 4.12. The van der Waals surface area contributed by atoms with E-state index in [9.17, 15) is 4.79 Å². The van der Waals surface area contributed by atoms with Gasteiger partial charge in [-0.1, -0.05) is 21.9 Å². The third-order valence-corrected chi connectivity index (χ3v) is 2.44. The molecule has 0 spiro atoms. The van der Waals surface area contributed by atoms with E-state index in [4.69, 9.17) is 11.2 Å². The van der Waals surface area contributed by atoms with E-state index in [-0.39, 0.29) is 12.5 Å². The fourth-order valence-corrected chi connectivity index (χ4v) is 1.58. The van der Waals surface area contributed by atoms with Crippen LogP contribution in [0.1, 0.15) is 0 Å². The maximum atomic E-state index is 11.6. The van der Waals surface area contributed by atoms with Crippen molar-refractivity contribution in [3.63, 3.8) is 0 Å². The first kappa shape index (κ1) is 13.6. The number of methoxy groups -OCH3 is 1. The van der Waals surface area contributed by atoms with Crippen LogP contribution in [0.4, 0.5) is 5.69 Å². The van der Waals surface area contributed by atoms with E-state index in [0.717, 1.165) is 4.47 Å². The normalized spacial score (nSPS) is 9.47. The van der Waals surface area contributed by atoms with Crippen molar-refractivity contribution in [3.8, 4) is 18.1 Å². The van der Waals surface area contributed by atoms with Gasteiger partial charge in [-0.15, -0.1) is 6.42 Å². The van der Waals surface area contributed by atoms with Crippen molar-refractivity contribution in [2.45, 2.75) is 0 Å². The average Bonchev–Trinajstić information content (AvgIpc) is 2.29. The van der Waals surface area contributed by atoms with Gasteiger partial charge < -0.3 is 10.1 Å². The van der Waals surface area contributed by atoms with E-state index < -0.39 is 0 Å². The predicted octanol–water partition coefficient (Wildman–Crippen LogP) is 1.62. The van der Waals surface area contributed by atoms with Crippen LogP contribution < -0.4 is 15.4 Å². The van der Waals surface area contributed by atoms with Gasteiger partial charge in [-0.05, 0) is 18.2 Å². The Balaban J connectivity index is 2.64. The molecule has 0 unspecified atom stereocenters. The number of ether oxygens (including phenoxy) is 1. The molecule has 1 aromatic carbocycles. The molecule has 0 bridgehead atoms. The van der Waals surface area contributed by atoms with E-state index >= 15 is 0 Å². The molecule has 0 saturated heterocycles. The van der Waals surface area contributed by atoms with Crippen LogP contribution in [0.5, 0.6) is 5.75 Å². The molecule has 0 aliphatic heterocycles. The van der Waals surface area contributed by atoms with Gasteiger partial charge in [0.05, 0.1) is 25.9 Å². The SMILES string of the molecule is C#CCNCC(=O)Nc1cc(Br)ccc1OC. The Morgan fingerprint density at radius 1 is 1.59 bits per heavy atom. The first-order valence-corrected chi connectivity index (χ1v) is 5.74. The minimum atomic E-state index is -0.170. The first-order chi connectivity index (χ1) is 8.17. The van der Waals surface area contributed by atoms with Gasteiger partial charge in [-0.25, -0.2) is 0 Å². The van der Waals surface area contributed by atoms with Crippen LogP contribution in [0.25, 0.3) is 0 Å². The minimum absolute atomic E-state index is 0.167. The van der Waals surface area contributed by atoms with Gasteiger partial charge in [-0.3, -0.25) is 10.1 Å². The molecule has 0 fully saturated rings. The molecular formula is C12H13BrN2O2. The highest BCUT2D eigenvalue weighted by Gasteiger charge is 2.07. The highest BCUT2D eigenvalue weighted by molar-refractivity contribution is 9.10. The number of nitrogens with one attached hydrogen (secondary N) is 2. The molecule has 0 aliphatic carbocycles. The second kappa shape index (κ2) is 6.94. The van der Waals surface area contributed by atoms with Crippen LogP contribution in [-0.2, 0) is 4.79 Å². The number of amides is 1. The lowest BCUT2D eigenvalue weighted by Crippen LogP contribution is -2.28. The number of rotatable bonds is 5. The molecule has 90 valence electrons. The summed E-state index contributed by atoms with van der Waals surface area (Å²) in [6.45, 7) is 0.531. The quantitative estimate of drug-likeness (QED) is 0.641. The largest absolute Gasteiger partial charge is 0.495 e. The van der Waals surface area contributed by atoms with E-state index in [1.807, 2.05) is 6.07 Å². The number of halogens is 1. The summed E-state index contributed by atoms with van der Waals surface area (Å²) in [6, 6.07) is 5.39. The number of hydrogen-bond donors (Lipinski definition) is 2. The molecule has 4 nitrogen and oxygen atoms in total. The lowest BCUT2D eigenvalue weighted by Gasteiger charge is -2.10. The Morgan fingerprint density at radius 2 is 2.35 bits per heavy atom. The number of anilines is 1. The summed E-state index contributed by atoms with van der Waals surface area (Å²) in [6.07, 6.45) is 5.06. The Labute approximate surface area is 109 Å². The first-order valence-electron chi connectivity index (χ1n) is 4.95. The summed E-state index contributed by atoms with van der Waals surface area (Å²) in [5.74, 6) is 2.84. The molecular weight excluding hydrogens is 284 g/mol. The third kappa shape index (κ3) is 4.47. The summed E-state index contributed by atoms with van der Waals surface area (Å²) in [7, 11) is 1.55. The lowest BCUT2D eigenvalue weighted by molar-refractivity contribution is -0.115. The molecule has 2 N–H and O–H groups in total. The van der Waals surface area contributed by atoms with Crippen molar-refractivity contribution in [2.24, 2.45) is 0 Å². The topological polar surface area (TPSA) is 50.4 Å². The number of terminal acetylenes is 1. The fraction of sp³-hybridized carbons (Fsp3) is 0.250. The van der Waals surface area contributed by atoms with Crippen LogP contribution in [-0.4, -0.2) is 26.1 Å². The molecule has 1 aromatic rings. The van der Waals surface area contributed by atoms with Gasteiger partial charge in [0.15, 0.2) is 0 Å². The molecule has 0 aromatic heterocycles. The second-order valence-electron chi connectivity index (χ2n) is 3.20. The maximum absolute atomic E-state index is 11.6. The van der Waals surface area contributed by atoms with Crippen molar-refractivity contribution in [3.05, 3.63) is 22.7 Å². The maximum Gasteiger partial charge on any atom is 0.238 e. The van der Waals surface area contributed by atoms with Gasteiger partial charge >= 0.3 is 0 Å². The Kier molecular flexibility index (Phi) is 5.53. The number of carbonyl (C=O) groups is 1. The molecule has 0 saturated carbocycles. The molecule has 5 heteroatoms. The van der Waals surface area contributed by atoms with E-state index in [0.29, 0.717) is 18.0 Å². The zero-order valence-corrected chi connectivity index (χ0v) is 11.0. The van der Waals surface area contributed by atoms with E-state index in [1.54, 1.807) is 19.2 Å². The van der Waals surface area contributed by atoms with Crippen molar-refractivity contribution < 1.29 is 9.53 Å². The van der Waals surface area contributed by atoms with Crippen LogP contribution in [0.2, 0.25) is 0 Å². The van der Waals surface area contributed by atoms with Crippen molar-refractivity contribution in [1.29, 1.82) is 0 Å². The van der Waals surface area contributed by atoms with E-state index in [1.165, 1.54) is 0 Å². The number of hydrogen-bond acceptors (Lipinski definition) is 3. The zero-order chi connectivity index (χ0) is 12.7. The summed E-state index contributed by atoms with van der Waals surface area (Å²) < 4.78 is 6.00. The monoisotopic (exact) mass is 296 g/mol. The van der Waals surface area contributed by atoms with E-state index in [2.05, 4.69) is 32.5 Å². The molecule has 1 amide bonds. The van der Waals surface area contributed by atoms with Crippen molar-refractivity contribution in [2.75, 3.05) is 25.5 Å². The Bertz CT molecular complexity index is 441. The van der Waals surface area contributed by atoms with Crippen molar-refractivity contribution >= 4 is 27.5 Å². The standard InChI is InChI=1S/C12H13BrN2O2/c1-3-6-14-8-12(16)15-10-7-9(13)4-5-11(10)17-2/h1,4-5,7,14H,6,8H2,2H3,(H,15,16). The summed E-state index contributed by atoms with van der Waals surface area (Å²) in [5.41, 5.74) is 0.620. The molecule has 1 rings (SSSR count). The zero-order valence-electron chi connectivity index (χ0n) is 9.42. The molecule has 0 heterocycles. The Morgan fingerprint density at radius 3 is 3.00 bits per heavy atom. The van der Waals surface area contributed by atoms with Gasteiger partial charge in [0, 0.05) is 4.47 Å². The van der Waals surface area contributed by atoms with Gasteiger partial charge in [0.1, 0.15) is 5.75 Å². The predicted molar refractivity (Wildman–Crippen MR) is 71.0 cm³/mol. The fourth-order valence-electron chi connectivity index (χ4n) is 1.22. The van der Waals surface area contributed by atoms with Gasteiger partial charge in [0.2, 0.25) is 5.91 Å². The molecule has 0 radical (unpaired) electrons. The van der Waals surface area contributed by atoms with Gasteiger partial charge in [0.25, 0.3) is 0 Å². The van der Waals surface area contributed by atoms with Crippen LogP contribution in [0.3, 0.4) is 0 Å². The van der Waals surface area contributed by atoms with Crippen LogP contribution >= 0.6 is 15.9 Å². The van der Waals surface area contributed by atoms with Crippen molar-refractivity contribution in [1.82, 2.24) is 5.32 Å². The summed E-state index contributed by atoms with van der Waals surface area (Å²) in [5, 5.41) is 5.54. The summed E-state index contributed by atoms with van der Waals surface area (Å²) in [4.78, 5) is 11.6. The van der Waals surface area contributed by atoms with Gasteiger partial charge in [-0.2, -0.15) is 0 Å². The average molecular weight is 297 g/mol. The lowest BCUT2D eigenvalue weighted by atomic mass is 10.3. The number of carbonyl (C=O) groups excluding carboxylic acids is 1. The minimum Gasteiger partial charge on any atom is -0.495 e. The third-order valence-electron chi connectivity index (χ3n) is 1.95. The Hall–Kier alpha value is -1.51. The molecule has 0 aliphatic rings. The van der Waals surface area contributed by atoms with Crippen LogP contribution in [0.15, 0.2) is 22.7 Å². The van der Waals surface area contributed by atoms with Crippen LogP contribution in [0, 0.1) is 12.3 Å². The highest BCUT2D eigenvalue weighted by atomic mass is 79.9. The molecule has 17 heavy (non-hydrogen) atoms. The smallest absolute Gasteiger partial charge is 0.238 e. The summed E-state index contributed by atoms with van der Waals surface area (Å²) >= 11 is 3.33. The number of benzene rings is 1.